The average molecular weight is 287 g/mol. The Labute approximate surface area is 118 Å². The number of hydrogen-bond acceptors (Lipinski definition) is 3. The van der Waals surface area contributed by atoms with Crippen LogP contribution in [0.1, 0.15) is 31.7 Å². The van der Waals surface area contributed by atoms with Crippen LogP contribution in [-0.2, 0) is 11.2 Å². The van der Waals surface area contributed by atoms with Gasteiger partial charge in [-0.3, -0.25) is 11.3 Å². The van der Waals surface area contributed by atoms with Crippen LogP contribution in [0.4, 0.5) is 4.39 Å². The van der Waals surface area contributed by atoms with Gasteiger partial charge in [0.05, 0.1) is 16.7 Å². The minimum absolute atomic E-state index is 0.0478. The van der Waals surface area contributed by atoms with Crippen molar-refractivity contribution in [2.24, 2.45) is 5.84 Å². The fourth-order valence-corrected chi connectivity index (χ4v) is 2.70. The molecule has 1 fully saturated rings. The summed E-state index contributed by atoms with van der Waals surface area (Å²) in [4.78, 5) is 0. The van der Waals surface area contributed by atoms with Crippen molar-refractivity contribution < 1.29 is 9.13 Å². The van der Waals surface area contributed by atoms with Crippen molar-refractivity contribution >= 4 is 11.6 Å². The molecule has 0 saturated carbocycles. The predicted octanol–water partition coefficient (Wildman–Crippen LogP) is 2.81. The van der Waals surface area contributed by atoms with Gasteiger partial charge in [0.25, 0.3) is 0 Å². The van der Waals surface area contributed by atoms with E-state index in [4.69, 9.17) is 22.2 Å². The molecule has 0 amide bonds. The molecule has 2 rings (SSSR count). The molecular formula is C14H20ClFN2O. The summed E-state index contributed by atoms with van der Waals surface area (Å²) in [5, 5.41) is 0.140. The van der Waals surface area contributed by atoms with E-state index < -0.39 is 5.82 Å². The number of nitrogens with two attached hydrogens (primary N) is 1. The first-order valence-corrected chi connectivity index (χ1v) is 6.97. The molecule has 1 aromatic carbocycles. The smallest absolute Gasteiger partial charge is 0.142 e. The molecule has 1 aromatic rings. The van der Waals surface area contributed by atoms with Crippen LogP contribution in [-0.4, -0.2) is 18.2 Å². The highest BCUT2D eigenvalue weighted by Crippen LogP contribution is 2.29. The van der Waals surface area contributed by atoms with Crippen LogP contribution in [0.15, 0.2) is 18.2 Å². The predicted molar refractivity (Wildman–Crippen MR) is 74.4 cm³/mol. The Hall–Kier alpha value is -0.680. The first-order chi connectivity index (χ1) is 9.05. The Morgan fingerprint density at radius 2 is 2.32 bits per heavy atom. The molecule has 2 unspecified atom stereocenters. The van der Waals surface area contributed by atoms with Crippen LogP contribution in [0.3, 0.4) is 0 Å². The molecule has 1 heterocycles. The molecule has 0 radical (unpaired) electrons. The lowest BCUT2D eigenvalue weighted by Crippen LogP contribution is -2.55. The van der Waals surface area contributed by atoms with Crippen LogP contribution in [0.25, 0.3) is 0 Å². The lowest BCUT2D eigenvalue weighted by Gasteiger charge is -2.40. The summed E-state index contributed by atoms with van der Waals surface area (Å²) < 4.78 is 19.3. The van der Waals surface area contributed by atoms with E-state index >= 15 is 0 Å². The largest absolute Gasteiger partial charge is 0.374 e. The van der Waals surface area contributed by atoms with Gasteiger partial charge in [0.2, 0.25) is 0 Å². The van der Waals surface area contributed by atoms with Crippen LogP contribution in [0.5, 0.6) is 0 Å². The van der Waals surface area contributed by atoms with Gasteiger partial charge in [-0.2, -0.15) is 0 Å². The van der Waals surface area contributed by atoms with Gasteiger partial charge in [-0.15, -0.1) is 0 Å². The molecular weight excluding hydrogens is 267 g/mol. The molecule has 0 spiro atoms. The first-order valence-electron chi connectivity index (χ1n) is 6.59. The number of rotatable bonds is 4. The number of hydrazine groups is 1. The summed E-state index contributed by atoms with van der Waals surface area (Å²) in [6, 6.07) is 4.80. The maximum Gasteiger partial charge on any atom is 0.142 e. The summed E-state index contributed by atoms with van der Waals surface area (Å²) in [5.74, 6) is 5.26. The summed E-state index contributed by atoms with van der Waals surface area (Å²) in [7, 11) is 0. The van der Waals surface area contributed by atoms with Gasteiger partial charge in [-0.25, -0.2) is 4.39 Å². The number of ether oxygens (including phenoxy) is 1. The second-order valence-corrected chi connectivity index (χ2v) is 5.70. The highest BCUT2D eigenvalue weighted by Gasteiger charge is 2.36. The maximum atomic E-state index is 13.5. The van der Waals surface area contributed by atoms with Gasteiger partial charge in [0.15, 0.2) is 0 Å². The van der Waals surface area contributed by atoms with Gasteiger partial charge in [0, 0.05) is 6.61 Å². The van der Waals surface area contributed by atoms with Crippen molar-refractivity contribution in [1.29, 1.82) is 0 Å². The number of nitrogens with one attached hydrogen (secondary N) is 1. The highest BCUT2D eigenvalue weighted by molar-refractivity contribution is 6.30. The average Bonchev–Trinajstić information content (AvgIpc) is 2.40. The van der Waals surface area contributed by atoms with E-state index in [-0.39, 0.29) is 16.7 Å². The molecule has 2 atom stereocenters. The molecule has 106 valence electrons. The Kier molecular flexibility index (Phi) is 4.79. The van der Waals surface area contributed by atoms with Gasteiger partial charge in [0.1, 0.15) is 5.82 Å². The summed E-state index contributed by atoms with van der Waals surface area (Å²) in [5.41, 5.74) is 3.37. The first kappa shape index (κ1) is 14.7. The molecule has 0 aliphatic carbocycles. The number of benzene rings is 1. The van der Waals surface area contributed by atoms with E-state index in [1.807, 2.05) is 6.07 Å². The zero-order chi connectivity index (χ0) is 13.9. The Balaban J connectivity index is 2.11. The van der Waals surface area contributed by atoms with Crippen molar-refractivity contribution in [2.75, 3.05) is 6.61 Å². The zero-order valence-corrected chi connectivity index (χ0v) is 11.8. The van der Waals surface area contributed by atoms with E-state index in [0.29, 0.717) is 6.42 Å². The van der Waals surface area contributed by atoms with E-state index in [9.17, 15) is 4.39 Å². The lowest BCUT2D eigenvalue weighted by molar-refractivity contribution is -0.0884. The van der Waals surface area contributed by atoms with E-state index in [1.54, 1.807) is 6.07 Å². The van der Waals surface area contributed by atoms with E-state index in [0.717, 1.165) is 31.4 Å². The van der Waals surface area contributed by atoms with Crippen molar-refractivity contribution in [3.05, 3.63) is 34.6 Å². The van der Waals surface area contributed by atoms with Gasteiger partial charge >= 0.3 is 0 Å². The van der Waals surface area contributed by atoms with Crippen LogP contribution in [0, 0.1) is 5.82 Å². The van der Waals surface area contributed by atoms with E-state index in [2.05, 4.69) is 12.3 Å². The molecule has 0 aromatic heterocycles. The fourth-order valence-electron chi connectivity index (χ4n) is 2.58. The number of hydrogen-bond donors (Lipinski definition) is 2. The molecule has 5 heteroatoms. The molecule has 19 heavy (non-hydrogen) atoms. The molecule has 1 aliphatic heterocycles. The van der Waals surface area contributed by atoms with Crippen molar-refractivity contribution in [3.8, 4) is 0 Å². The van der Waals surface area contributed by atoms with Gasteiger partial charge in [-0.05, 0) is 50.3 Å². The normalized spacial score (nSPS) is 25.3. The highest BCUT2D eigenvalue weighted by atomic mass is 35.5. The fraction of sp³-hybridized carbons (Fsp3) is 0.571. The molecule has 3 N–H and O–H groups in total. The standard InChI is InChI=1S/C14H20ClFN2O/c1-14(6-2-3-7-19-14)13(18-17)9-10-4-5-11(15)12(16)8-10/h4-5,8,13,18H,2-3,6-7,9,17H2,1H3. The SMILES string of the molecule is CC1(C(Cc2ccc(Cl)c(F)c2)NN)CCCCO1. The van der Waals surface area contributed by atoms with Crippen LogP contribution < -0.4 is 11.3 Å². The summed E-state index contributed by atoms with van der Waals surface area (Å²) >= 11 is 5.69. The third-order valence-corrected chi connectivity index (χ3v) is 4.17. The Morgan fingerprint density at radius 1 is 1.53 bits per heavy atom. The monoisotopic (exact) mass is 286 g/mol. The minimum Gasteiger partial charge on any atom is -0.374 e. The lowest BCUT2D eigenvalue weighted by atomic mass is 9.85. The quantitative estimate of drug-likeness (QED) is 0.661. The second kappa shape index (κ2) is 6.18. The molecule has 1 aliphatic rings. The van der Waals surface area contributed by atoms with Crippen molar-refractivity contribution in [3.63, 3.8) is 0 Å². The molecule has 0 bridgehead atoms. The Morgan fingerprint density at radius 3 is 2.89 bits per heavy atom. The van der Waals surface area contributed by atoms with Crippen molar-refractivity contribution in [2.45, 2.75) is 44.2 Å². The summed E-state index contributed by atoms with van der Waals surface area (Å²) in [6.45, 7) is 2.81. The minimum atomic E-state index is -0.398. The van der Waals surface area contributed by atoms with E-state index in [1.165, 1.54) is 6.07 Å². The second-order valence-electron chi connectivity index (χ2n) is 5.29. The van der Waals surface area contributed by atoms with Gasteiger partial charge in [-0.1, -0.05) is 17.7 Å². The third-order valence-electron chi connectivity index (χ3n) is 3.86. The maximum absolute atomic E-state index is 13.5. The van der Waals surface area contributed by atoms with Crippen LogP contribution >= 0.6 is 11.6 Å². The number of halogens is 2. The summed E-state index contributed by atoms with van der Waals surface area (Å²) in [6.07, 6.45) is 3.78. The van der Waals surface area contributed by atoms with Crippen molar-refractivity contribution in [1.82, 2.24) is 5.43 Å². The topological polar surface area (TPSA) is 47.3 Å². The van der Waals surface area contributed by atoms with Crippen LogP contribution in [0.2, 0.25) is 5.02 Å². The molecule has 3 nitrogen and oxygen atoms in total. The molecule has 1 saturated heterocycles. The Bertz CT molecular complexity index is 435. The van der Waals surface area contributed by atoms with Gasteiger partial charge < -0.3 is 4.74 Å². The zero-order valence-electron chi connectivity index (χ0n) is 11.1. The third kappa shape index (κ3) is 3.45.